The van der Waals surface area contributed by atoms with E-state index in [1.807, 2.05) is 18.3 Å². The van der Waals surface area contributed by atoms with Crippen molar-refractivity contribution in [3.63, 3.8) is 0 Å². The van der Waals surface area contributed by atoms with Crippen LogP contribution >= 0.6 is 0 Å². The molecule has 1 aliphatic heterocycles. The fourth-order valence-corrected chi connectivity index (χ4v) is 3.39. The van der Waals surface area contributed by atoms with Gasteiger partial charge in [0.1, 0.15) is 12.2 Å². The van der Waals surface area contributed by atoms with E-state index in [1.165, 1.54) is 12.1 Å². The van der Waals surface area contributed by atoms with Crippen LogP contribution in [0.1, 0.15) is 36.6 Å². The molecule has 0 spiro atoms. The molecule has 0 bridgehead atoms. The standard InChI is InChI=1S/C19H20FN3O2/c20-14-5-3-13(4-6-14)19-16-2-1-9-22(16)10-11-23(19)18(25)12-17(24)21-15-7-8-15/h1-6,9,15,19H,7-8,10-12H2,(H,21,24). The molecule has 1 saturated carbocycles. The average molecular weight is 341 g/mol. The van der Waals surface area contributed by atoms with Crippen LogP contribution in [-0.4, -0.2) is 33.9 Å². The molecule has 4 rings (SSSR count). The highest BCUT2D eigenvalue weighted by atomic mass is 19.1. The average Bonchev–Trinajstić information content (AvgIpc) is 3.27. The van der Waals surface area contributed by atoms with E-state index < -0.39 is 0 Å². The number of hydrogen-bond donors (Lipinski definition) is 1. The predicted octanol–water partition coefficient (Wildman–Crippen LogP) is 2.23. The summed E-state index contributed by atoms with van der Waals surface area (Å²) >= 11 is 0. The Morgan fingerprint density at radius 3 is 2.60 bits per heavy atom. The van der Waals surface area contributed by atoms with Gasteiger partial charge in [0.25, 0.3) is 0 Å². The lowest BCUT2D eigenvalue weighted by Gasteiger charge is -2.37. The molecule has 2 aromatic rings. The Hall–Kier alpha value is -2.63. The van der Waals surface area contributed by atoms with E-state index in [9.17, 15) is 14.0 Å². The third-order valence-electron chi connectivity index (χ3n) is 4.80. The monoisotopic (exact) mass is 341 g/mol. The number of aromatic nitrogens is 1. The summed E-state index contributed by atoms with van der Waals surface area (Å²) in [5.74, 6) is -0.720. The van der Waals surface area contributed by atoms with Gasteiger partial charge in [0, 0.05) is 31.0 Å². The highest BCUT2D eigenvalue weighted by Gasteiger charge is 2.33. The van der Waals surface area contributed by atoms with Crippen molar-refractivity contribution in [1.29, 1.82) is 0 Å². The van der Waals surface area contributed by atoms with Gasteiger partial charge in [-0.2, -0.15) is 0 Å². The molecular weight excluding hydrogens is 321 g/mol. The lowest BCUT2D eigenvalue weighted by atomic mass is 9.99. The van der Waals surface area contributed by atoms with Crippen molar-refractivity contribution in [2.24, 2.45) is 0 Å². The lowest BCUT2D eigenvalue weighted by Crippen LogP contribution is -2.44. The summed E-state index contributed by atoms with van der Waals surface area (Å²) in [5.41, 5.74) is 1.82. The Morgan fingerprint density at radius 1 is 1.12 bits per heavy atom. The van der Waals surface area contributed by atoms with E-state index in [2.05, 4.69) is 9.88 Å². The van der Waals surface area contributed by atoms with Gasteiger partial charge in [-0.15, -0.1) is 0 Å². The van der Waals surface area contributed by atoms with Crippen molar-refractivity contribution in [3.05, 3.63) is 59.7 Å². The Bertz CT molecular complexity index is 795. The molecular formula is C19H20FN3O2. The number of carbonyl (C=O) groups excluding carboxylic acids is 2. The first-order valence-electron chi connectivity index (χ1n) is 8.61. The molecule has 5 nitrogen and oxygen atoms in total. The molecule has 1 aromatic carbocycles. The highest BCUT2D eigenvalue weighted by molar-refractivity contribution is 5.97. The SMILES string of the molecule is O=C(CC(=O)N1CCn2cccc2C1c1ccc(F)cc1)NC1CC1. The van der Waals surface area contributed by atoms with Crippen molar-refractivity contribution >= 4 is 11.8 Å². The minimum absolute atomic E-state index is 0.144. The number of carbonyl (C=O) groups is 2. The van der Waals surface area contributed by atoms with Crippen LogP contribution < -0.4 is 5.32 Å². The number of nitrogens with one attached hydrogen (secondary N) is 1. The number of nitrogens with zero attached hydrogens (tertiary/aromatic N) is 2. The Balaban J connectivity index is 1.59. The summed E-state index contributed by atoms with van der Waals surface area (Å²) in [5, 5.41) is 2.86. The fourth-order valence-electron chi connectivity index (χ4n) is 3.39. The number of halogens is 1. The van der Waals surface area contributed by atoms with Gasteiger partial charge in [0.05, 0.1) is 6.04 Å². The van der Waals surface area contributed by atoms with Crippen molar-refractivity contribution in [2.45, 2.75) is 37.9 Å². The second-order valence-electron chi connectivity index (χ2n) is 6.69. The number of amides is 2. The van der Waals surface area contributed by atoms with E-state index in [0.717, 1.165) is 24.1 Å². The first-order chi connectivity index (χ1) is 12.1. The molecule has 2 aliphatic rings. The maximum absolute atomic E-state index is 13.3. The van der Waals surface area contributed by atoms with Crippen LogP contribution in [0, 0.1) is 5.82 Å². The zero-order valence-corrected chi connectivity index (χ0v) is 13.8. The first-order valence-corrected chi connectivity index (χ1v) is 8.61. The van der Waals surface area contributed by atoms with Gasteiger partial charge >= 0.3 is 0 Å². The molecule has 25 heavy (non-hydrogen) atoms. The van der Waals surface area contributed by atoms with Crippen molar-refractivity contribution in [1.82, 2.24) is 14.8 Å². The van der Waals surface area contributed by atoms with E-state index >= 15 is 0 Å². The van der Waals surface area contributed by atoms with Crippen LogP contribution in [0.15, 0.2) is 42.6 Å². The summed E-state index contributed by atoms with van der Waals surface area (Å²) in [6, 6.07) is 10.1. The highest BCUT2D eigenvalue weighted by Crippen LogP contribution is 2.33. The summed E-state index contributed by atoms with van der Waals surface area (Å²) in [4.78, 5) is 26.5. The van der Waals surface area contributed by atoms with Gasteiger partial charge in [-0.25, -0.2) is 4.39 Å². The molecule has 6 heteroatoms. The van der Waals surface area contributed by atoms with Crippen LogP contribution in [0.5, 0.6) is 0 Å². The van der Waals surface area contributed by atoms with E-state index in [0.29, 0.717) is 13.1 Å². The summed E-state index contributed by atoms with van der Waals surface area (Å²) < 4.78 is 15.4. The summed E-state index contributed by atoms with van der Waals surface area (Å²) in [6.45, 7) is 1.22. The van der Waals surface area contributed by atoms with E-state index in [4.69, 9.17) is 0 Å². The van der Waals surface area contributed by atoms with Crippen LogP contribution in [0.25, 0.3) is 0 Å². The third-order valence-corrected chi connectivity index (χ3v) is 4.80. The van der Waals surface area contributed by atoms with Crippen LogP contribution in [-0.2, 0) is 16.1 Å². The maximum atomic E-state index is 13.3. The molecule has 2 heterocycles. The zero-order valence-electron chi connectivity index (χ0n) is 13.8. The van der Waals surface area contributed by atoms with Gasteiger partial charge < -0.3 is 14.8 Å². The van der Waals surface area contributed by atoms with Crippen LogP contribution in [0.3, 0.4) is 0 Å². The Kier molecular flexibility index (Phi) is 4.03. The number of fused-ring (bicyclic) bond motifs is 1. The van der Waals surface area contributed by atoms with Gasteiger partial charge in [-0.1, -0.05) is 12.1 Å². The molecule has 1 atom stereocenters. The van der Waals surface area contributed by atoms with E-state index in [1.54, 1.807) is 17.0 Å². The predicted molar refractivity (Wildman–Crippen MR) is 90.2 cm³/mol. The molecule has 1 aromatic heterocycles. The normalized spacial score (nSPS) is 19.4. The number of hydrogen-bond acceptors (Lipinski definition) is 2. The third kappa shape index (κ3) is 3.29. The molecule has 0 radical (unpaired) electrons. The van der Waals surface area contributed by atoms with E-state index in [-0.39, 0.29) is 36.1 Å². The summed E-state index contributed by atoms with van der Waals surface area (Å²) in [7, 11) is 0. The second-order valence-corrected chi connectivity index (χ2v) is 6.69. The fraction of sp³-hybridized carbons (Fsp3) is 0.368. The topological polar surface area (TPSA) is 54.3 Å². The smallest absolute Gasteiger partial charge is 0.232 e. The maximum Gasteiger partial charge on any atom is 0.232 e. The van der Waals surface area contributed by atoms with Crippen LogP contribution in [0.2, 0.25) is 0 Å². The zero-order chi connectivity index (χ0) is 17.4. The lowest BCUT2D eigenvalue weighted by molar-refractivity contribution is -0.138. The Labute approximate surface area is 145 Å². The molecule has 1 unspecified atom stereocenters. The molecule has 1 fully saturated rings. The van der Waals surface area contributed by atoms with Crippen molar-refractivity contribution in [2.75, 3.05) is 6.54 Å². The van der Waals surface area contributed by atoms with Gasteiger partial charge in [-0.05, 0) is 42.7 Å². The number of rotatable bonds is 4. The van der Waals surface area contributed by atoms with Crippen molar-refractivity contribution in [3.8, 4) is 0 Å². The molecule has 130 valence electrons. The summed E-state index contributed by atoms with van der Waals surface area (Å²) in [6.07, 6.45) is 3.83. The first kappa shape index (κ1) is 15.9. The van der Waals surface area contributed by atoms with Gasteiger partial charge in [0.15, 0.2) is 0 Å². The quantitative estimate of drug-likeness (QED) is 0.867. The van der Waals surface area contributed by atoms with Gasteiger partial charge in [-0.3, -0.25) is 9.59 Å². The van der Waals surface area contributed by atoms with Crippen molar-refractivity contribution < 1.29 is 14.0 Å². The van der Waals surface area contributed by atoms with Crippen LogP contribution in [0.4, 0.5) is 4.39 Å². The Morgan fingerprint density at radius 2 is 1.88 bits per heavy atom. The second kappa shape index (κ2) is 6.35. The molecule has 1 N–H and O–H groups in total. The number of benzene rings is 1. The largest absolute Gasteiger partial charge is 0.353 e. The molecule has 2 amide bonds. The minimum Gasteiger partial charge on any atom is -0.353 e. The van der Waals surface area contributed by atoms with Gasteiger partial charge in [0.2, 0.25) is 11.8 Å². The minimum atomic E-state index is -0.309. The molecule has 0 saturated heterocycles. The molecule has 1 aliphatic carbocycles.